The Morgan fingerprint density at radius 1 is 1.05 bits per heavy atom. The zero-order chi connectivity index (χ0) is 15.9. The minimum Gasteiger partial charge on any atom is -0.493 e. The molecule has 0 spiro atoms. The summed E-state index contributed by atoms with van der Waals surface area (Å²) in [7, 11) is 0. The van der Waals surface area contributed by atoms with Crippen molar-refractivity contribution in [3.8, 4) is 11.5 Å². The molecule has 4 nitrogen and oxygen atoms in total. The third-order valence-electron chi connectivity index (χ3n) is 2.92. The molecule has 116 valence electrons. The van der Waals surface area contributed by atoms with Crippen molar-refractivity contribution in [1.82, 2.24) is 0 Å². The van der Waals surface area contributed by atoms with Gasteiger partial charge >= 0.3 is 0 Å². The molecule has 2 aromatic carbocycles. The molecular formula is C17H18ClNO3. The van der Waals surface area contributed by atoms with E-state index in [1.165, 1.54) is 0 Å². The molecule has 0 aliphatic rings. The van der Waals surface area contributed by atoms with Crippen LogP contribution >= 0.6 is 11.6 Å². The largest absolute Gasteiger partial charge is 0.493 e. The smallest absolute Gasteiger partial charge is 0.259 e. The number of rotatable bonds is 6. The second-order valence-corrected chi connectivity index (χ2v) is 4.89. The van der Waals surface area contributed by atoms with Crippen LogP contribution in [0.2, 0.25) is 5.02 Å². The van der Waals surface area contributed by atoms with E-state index in [1.54, 1.807) is 24.3 Å². The number of carbonyl (C=O) groups is 1. The first-order valence-electron chi connectivity index (χ1n) is 7.11. The molecule has 0 heterocycles. The minimum atomic E-state index is -0.271. The van der Waals surface area contributed by atoms with Gasteiger partial charge in [-0.3, -0.25) is 4.79 Å². The van der Waals surface area contributed by atoms with Crippen LogP contribution < -0.4 is 14.8 Å². The van der Waals surface area contributed by atoms with E-state index in [2.05, 4.69) is 5.32 Å². The Morgan fingerprint density at radius 3 is 2.45 bits per heavy atom. The monoisotopic (exact) mass is 319 g/mol. The maximum Gasteiger partial charge on any atom is 0.259 e. The van der Waals surface area contributed by atoms with Crippen LogP contribution in [0.15, 0.2) is 42.5 Å². The van der Waals surface area contributed by atoms with Crippen molar-refractivity contribution >= 4 is 23.2 Å². The highest BCUT2D eigenvalue weighted by atomic mass is 35.5. The van der Waals surface area contributed by atoms with Gasteiger partial charge in [0.15, 0.2) is 0 Å². The zero-order valence-corrected chi connectivity index (χ0v) is 13.3. The number of hydrogen-bond acceptors (Lipinski definition) is 3. The van der Waals surface area contributed by atoms with Crippen LogP contribution in [0.1, 0.15) is 24.2 Å². The number of nitrogens with one attached hydrogen (secondary N) is 1. The number of benzene rings is 2. The van der Waals surface area contributed by atoms with Gasteiger partial charge in [0.1, 0.15) is 11.5 Å². The fourth-order valence-electron chi connectivity index (χ4n) is 2.00. The molecule has 0 saturated carbocycles. The van der Waals surface area contributed by atoms with Crippen molar-refractivity contribution in [2.24, 2.45) is 0 Å². The number of hydrogen-bond donors (Lipinski definition) is 1. The first-order chi connectivity index (χ1) is 10.7. The molecule has 0 aromatic heterocycles. The summed E-state index contributed by atoms with van der Waals surface area (Å²) in [6, 6.07) is 12.2. The highest BCUT2D eigenvalue weighted by Gasteiger charge is 2.15. The van der Waals surface area contributed by atoms with Crippen molar-refractivity contribution in [1.29, 1.82) is 0 Å². The van der Waals surface area contributed by atoms with Gasteiger partial charge in [-0.15, -0.1) is 0 Å². The van der Waals surface area contributed by atoms with Gasteiger partial charge in [0.2, 0.25) is 0 Å². The number of para-hydroxylation sites is 2. The van der Waals surface area contributed by atoms with Gasteiger partial charge in [0.05, 0.1) is 24.5 Å². The SMILES string of the molecule is CCOc1ccccc1NC(=O)c1ccc(Cl)cc1OCC. The average molecular weight is 320 g/mol. The molecule has 0 radical (unpaired) electrons. The highest BCUT2D eigenvalue weighted by molar-refractivity contribution is 6.31. The maximum atomic E-state index is 12.5. The minimum absolute atomic E-state index is 0.271. The number of carbonyl (C=O) groups excluding carboxylic acids is 1. The lowest BCUT2D eigenvalue weighted by Crippen LogP contribution is -2.14. The fraction of sp³-hybridized carbons (Fsp3) is 0.235. The number of halogens is 1. The van der Waals surface area contributed by atoms with Gasteiger partial charge < -0.3 is 14.8 Å². The highest BCUT2D eigenvalue weighted by Crippen LogP contribution is 2.27. The van der Waals surface area contributed by atoms with E-state index in [9.17, 15) is 4.79 Å². The van der Waals surface area contributed by atoms with E-state index < -0.39 is 0 Å². The quantitative estimate of drug-likeness (QED) is 0.859. The summed E-state index contributed by atoms with van der Waals surface area (Å²) in [5, 5.41) is 3.37. The molecule has 2 aromatic rings. The third-order valence-corrected chi connectivity index (χ3v) is 3.16. The van der Waals surface area contributed by atoms with Crippen LogP contribution in [0, 0.1) is 0 Å². The summed E-state index contributed by atoms with van der Waals surface area (Å²) in [5.74, 6) is 0.818. The predicted molar refractivity (Wildman–Crippen MR) is 88.2 cm³/mol. The number of amides is 1. The lowest BCUT2D eigenvalue weighted by molar-refractivity contribution is 0.102. The van der Waals surface area contributed by atoms with Crippen LogP contribution in [-0.2, 0) is 0 Å². The van der Waals surface area contributed by atoms with E-state index in [4.69, 9.17) is 21.1 Å². The van der Waals surface area contributed by atoms with E-state index in [0.29, 0.717) is 41.0 Å². The summed E-state index contributed by atoms with van der Waals surface area (Å²) < 4.78 is 11.0. The predicted octanol–water partition coefficient (Wildman–Crippen LogP) is 4.39. The van der Waals surface area contributed by atoms with E-state index in [0.717, 1.165) is 0 Å². The van der Waals surface area contributed by atoms with Crippen molar-refractivity contribution in [2.45, 2.75) is 13.8 Å². The Bertz CT molecular complexity index is 658. The summed E-state index contributed by atoms with van der Waals surface area (Å²) in [6.07, 6.45) is 0. The van der Waals surface area contributed by atoms with Gasteiger partial charge in [0.25, 0.3) is 5.91 Å². The second kappa shape index (κ2) is 7.71. The standard InChI is InChI=1S/C17H18ClNO3/c1-3-21-15-8-6-5-7-14(15)19-17(20)13-10-9-12(18)11-16(13)22-4-2/h5-11H,3-4H2,1-2H3,(H,19,20). The van der Waals surface area contributed by atoms with E-state index in [1.807, 2.05) is 32.0 Å². The molecule has 22 heavy (non-hydrogen) atoms. The van der Waals surface area contributed by atoms with E-state index in [-0.39, 0.29) is 5.91 Å². The molecule has 0 bridgehead atoms. The van der Waals surface area contributed by atoms with Crippen molar-refractivity contribution in [3.05, 3.63) is 53.1 Å². The van der Waals surface area contributed by atoms with Gasteiger partial charge in [0, 0.05) is 5.02 Å². The Morgan fingerprint density at radius 2 is 1.73 bits per heavy atom. The summed E-state index contributed by atoms with van der Waals surface area (Å²) >= 11 is 5.95. The van der Waals surface area contributed by atoms with Crippen LogP contribution in [0.5, 0.6) is 11.5 Å². The van der Waals surface area contributed by atoms with E-state index >= 15 is 0 Å². The maximum absolute atomic E-state index is 12.5. The van der Waals surface area contributed by atoms with Crippen LogP contribution in [-0.4, -0.2) is 19.1 Å². The fourth-order valence-corrected chi connectivity index (χ4v) is 2.16. The van der Waals surface area contributed by atoms with Crippen LogP contribution in [0.4, 0.5) is 5.69 Å². The molecule has 1 amide bonds. The van der Waals surface area contributed by atoms with Gasteiger partial charge in [-0.1, -0.05) is 23.7 Å². The summed E-state index contributed by atoms with van der Waals surface area (Å²) in [6.45, 7) is 4.73. The van der Waals surface area contributed by atoms with Crippen LogP contribution in [0.25, 0.3) is 0 Å². The Hall–Kier alpha value is -2.20. The molecule has 2 rings (SSSR count). The second-order valence-electron chi connectivity index (χ2n) is 4.46. The summed E-state index contributed by atoms with van der Waals surface area (Å²) in [5.41, 5.74) is 1.05. The Balaban J connectivity index is 2.26. The number of ether oxygens (including phenoxy) is 2. The summed E-state index contributed by atoms with van der Waals surface area (Å²) in [4.78, 5) is 12.5. The molecule has 1 N–H and O–H groups in total. The van der Waals surface area contributed by atoms with Gasteiger partial charge in [-0.05, 0) is 44.2 Å². The van der Waals surface area contributed by atoms with Gasteiger partial charge in [-0.2, -0.15) is 0 Å². The first-order valence-corrected chi connectivity index (χ1v) is 7.49. The molecule has 0 fully saturated rings. The normalized spacial score (nSPS) is 10.1. The Labute approximate surface area is 135 Å². The van der Waals surface area contributed by atoms with Gasteiger partial charge in [-0.25, -0.2) is 0 Å². The van der Waals surface area contributed by atoms with Crippen molar-refractivity contribution in [2.75, 3.05) is 18.5 Å². The Kier molecular flexibility index (Phi) is 5.67. The zero-order valence-electron chi connectivity index (χ0n) is 12.6. The van der Waals surface area contributed by atoms with Crippen molar-refractivity contribution < 1.29 is 14.3 Å². The first kappa shape index (κ1) is 16.2. The molecule has 0 aliphatic heterocycles. The van der Waals surface area contributed by atoms with Crippen molar-refractivity contribution in [3.63, 3.8) is 0 Å². The molecule has 0 unspecified atom stereocenters. The topological polar surface area (TPSA) is 47.6 Å². The number of anilines is 1. The molecule has 0 aliphatic carbocycles. The molecule has 5 heteroatoms. The molecular weight excluding hydrogens is 302 g/mol. The average Bonchev–Trinajstić information content (AvgIpc) is 2.50. The third kappa shape index (κ3) is 3.92. The molecule has 0 atom stereocenters. The molecule has 0 saturated heterocycles. The lowest BCUT2D eigenvalue weighted by Gasteiger charge is -2.13. The van der Waals surface area contributed by atoms with Crippen LogP contribution in [0.3, 0.4) is 0 Å². The lowest BCUT2D eigenvalue weighted by atomic mass is 10.1.